The van der Waals surface area contributed by atoms with Crippen molar-refractivity contribution in [3.63, 3.8) is 0 Å². The van der Waals surface area contributed by atoms with Gasteiger partial charge in [-0.15, -0.1) is 0 Å². The average molecular weight is 359 g/mol. The van der Waals surface area contributed by atoms with Gasteiger partial charge >= 0.3 is 29.6 Å². The number of unbranched alkanes of at least 4 members (excludes halogenated alkanes) is 6. The van der Waals surface area contributed by atoms with Crippen LogP contribution in [0.3, 0.4) is 0 Å². The molecule has 0 radical (unpaired) electrons. The third-order valence-electron chi connectivity index (χ3n) is 4.20. The van der Waals surface area contributed by atoms with Crippen LogP contribution in [0.15, 0.2) is 0 Å². The largest absolute Gasteiger partial charge is 1.00 e. The molecule has 0 bridgehead atoms. The summed E-state index contributed by atoms with van der Waals surface area (Å²) in [5, 5.41) is 8.93. The molecule has 4 nitrogen and oxygen atoms in total. The summed E-state index contributed by atoms with van der Waals surface area (Å²) >= 11 is 0. The van der Waals surface area contributed by atoms with Crippen LogP contribution in [0, 0.1) is 0 Å². The van der Waals surface area contributed by atoms with Gasteiger partial charge in [-0.25, -0.2) is 8.42 Å². The van der Waals surface area contributed by atoms with Gasteiger partial charge in [0.2, 0.25) is 0 Å². The standard InChI is InChI=1S/C17H36O4S.Na/c1-3-12-16(18)14-10-8-6-5-7-9-11-15-17(13-4-2)22(19,20)21;/h16-18H,3-15H2,1-2H3,(H,19,20,21);/q;+1/p-1. The second-order valence-corrected chi connectivity index (χ2v) is 8.05. The van der Waals surface area contributed by atoms with Gasteiger partial charge in [-0.05, 0) is 25.7 Å². The molecule has 0 aromatic carbocycles. The van der Waals surface area contributed by atoms with Gasteiger partial charge in [-0.1, -0.05) is 71.6 Å². The van der Waals surface area contributed by atoms with E-state index in [2.05, 4.69) is 6.92 Å². The van der Waals surface area contributed by atoms with Gasteiger partial charge in [0.15, 0.2) is 0 Å². The summed E-state index contributed by atoms with van der Waals surface area (Å²) in [5.74, 6) is 0. The minimum atomic E-state index is -4.12. The van der Waals surface area contributed by atoms with E-state index in [0.717, 1.165) is 64.2 Å². The fourth-order valence-corrected chi connectivity index (χ4v) is 3.85. The van der Waals surface area contributed by atoms with Crippen LogP contribution in [0.1, 0.15) is 97.3 Å². The Morgan fingerprint density at radius 3 is 1.65 bits per heavy atom. The number of aliphatic hydroxyl groups excluding tert-OH is 1. The Hall–Kier alpha value is 0.870. The van der Waals surface area contributed by atoms with E-state index in [9.17, 15) is 18.1 Å². The van der Waals surface area contributed by atoms with E-state index in [0.29, 0.717) is 12.8 Å². The maximum atomic E-state index is 11.1. The van der Waals surface area contributed by atoms with E-state index in [4.69, 9.17) is 0 Å². The van der Waals surface area contributed by atoms with Crippen LogP contribution in [0.5, 0.6) is 0 Å². The zero-order valence-corrected chi connectivity index (χ0v) is 18.2. The molecule has 0 aliphatic heterocycles. The van der Waals surface area contributed by atoms with Gasteiger partial charge < -0.3 is 9.66 Å². The number of hydrogen-bond donors (Lipinski definition) is 1. The molecule has 0 amide bonds. The predicted octanol–water partition coefficient (Wildman–Crippen LogP) is 1.38. The van der Waals surface area contributed by atoms with Gasteiger partial charge in [-0.2, -0.15) is 0 Å². The molecular weight excluding hydrogens is 323 g/mol. The van der Waals surface area contributed by atoms with Crippen LogP contribution < -0.4 is 29.6 Å². The van der Waals surface area contributed by atoms with Crippen molar-refractivity contribution in [3.05, 3.63) is 0 Å². The Kier molecular flexibility index (Phi) is 18.5. The van der Waals surface area contributed by atoms with E-state index in [1.54, 1.807) is 0 Å². The van der Waals surface area contributed by atoms with Crippen LogP contribution in [0.25, 0.3) is 0 Å². The summed E-state index contributed by atoms with van der Waals surface area (Å²) in [4.78, 5) is 0. The van der Waals surface area contributed by atoms with Crippen LogP contribution in [-0.4, -0.2) is 29.4 Å². The molecule has 2 unspecified atom stereocenters. The monoisotopic (exact) mass is 358 g/mol. The molecule has 0 aromatic heterocycles. The maximum Gasteiger partial charge on any atom is 1.00 e. The molecule has 0 aromatic rings. The first-order chi connectivity index (χ1) is 10.4. The van der Waals surface area contributed by atoms with E-state index < -0.39 is 15.4 Å². The second-order valence-electron chi connectivity index (χ2n) is 6.40. The molecule has 0 aliphatic carbocycles. The smallest absolute Gasteiger partial charge is 0.748 e. The van der Waals surface area contributed by atoms with Crippen molar-refractivity contribution in [1.29, 1.82) is 0 Å². The van der Waals surface area contributed by atoms with Gasteiger partial charge in [0.25, 0.3) is 0 Å². The molecule has 0 aliphatic rings. The van der Waals surface area contributed by atoms with Crippen molar-refractivity contribution in [2.45, 2.75) is 109 Å². The van der Waals surface area contributed by atoms with Crippen LogP contribution in [0.2, 0.25) is 0 Å². The molecule has 23 heavy (non-hydrogen) atoms. The van der Waals surface area contributed by atoms with Crippen molar-refractivity contribution >= 4 is 10.1 Å². The summed E-state index contributed by atoms with van der Waals surface area (Å²) in [6.07, 6.45) is 12.0. The maximum absolute atomic E-state index is 11.1. The Bertz CT molecular complexity index is 347. The van der Waals surface area contributed by atoms with E-state index in [1.165, 1.54) is 6.42 Å². The van der Waals surface area contributed by atoms with Crippen molar-refractivity contribution < 1.29 is 47.6 Å². The zero-order chi connectivity index (χ0) is 16.8. The summed E-state index contributed by atoms with van der Waals surface area (Å²) in [5.41, 5.74) is 0. The first-order valence-corrected chi connectivity index (χ1v) is 10.5. The molecule has 134 valence electrons. The molecule has 6 heteroatoms. The van der Waals surface area contributed by atoms with Crippen LogP contribution >= 0.6 is 0 Å². The third-order valence-corrected chi connectivity index (χ3v) is 5.49. The van der Waals surface area contributed by atoms with Crippen LogP contribution in [0.4, 0.5) is 0 Å². The average Bonchev–Trinajstić information content (AvgIpc) is 2.43. The fourth-order valence-electron chi connectivity index (χ4n) is 2.87. The second kappa shape index (κ2) is 16.3. The summed E-state index contributed by atoms with van der Waals surface area (Å²) in [7, 11) is -4.12. The minimum Gasteiger partial charge on any atom is -0.748 e. The molecule has 0 fully saturated rings. The molecule has 0 saturated heterocycles. The van der Waals surface area contributed by atoms with Gasteiger partial charge in [0, 0.05) is 5.25 Å². The van der Waals surface area contributed by atoms with Gasteiger partial charge in [0.05, 0.1) is 16.2 Å². The molecular formula is C17H35NaO4S. The molecule has 0 saturated carbocycles. The normalized spacial score (nSPS) is 14.3. The molecule has 0 rings (SSSR count). The van der Waals surface area contributed by atoms with E-state index in [-0.39, 0.29) is 35.7 Å². The molecule has 0 spiro atoms. The van der Waals surface area contributed by atoms with Crippen molar-refractivity contribution in [3.8, 4) is 0 Å². The Labute approximate surface area is 165 Å². The van der Waals surface area contributed by atoms with Gasteiger partial charge in [0.1, 0.15) is 0 Å². The quantitative estimate of drug-likeness (QED) is 0.272. The zero-order valence-electron chi connectivity index (χ0n) is 15.4. The fraction of sp³-hybridized carbons (Fsp3) is 1.00. The first kappa shape index (κ1) is 26.1. The summed E-state index contributed by atoms with van der Waals surface area (Å²) in [6.45, 7) is 4.00. The Balaban J connectivity index is 0. The van der Waals surface area contributed by atoms with Crippen molar-refractivity contribution in [2.75, 3.05) is 0 Å². The Morgan fingerprint density at radius 1 is 0.783 bits per heavy atom. The number of hydrogen-bond acceptors (Lipinski definition) is 4. The summed E-state index contributed by atoms with van der Waals surface area (Å²) < 4.78 is 33.3. The summed E-state index contributed by atoms with van der Waals surface area (Å²) in [6, 6.07) is 0. The van der Waals surface area contributed by atoms with Crippen molar-refractivity contribution in [1.82, 2.24) is 0 Å². The van der Waals surface area contributed by atoms with Crippen molar-refractivity contribution in [2.24, 2.45) is 0 Å². The van der Waals surface area contributed by atoms with Gasteiger partial charge in [-0.3, -0.25) is 0 Å². The SMILES string of the molecule is CCCC(O)CCCCCCCCCC(CCC)S(=O)(=O)[O-].[Na+]. The van der Waals surface area contributed by atoms with E-state index in [1.807, 2.05) is 6.92 Å². The predicted molar refractivity (Wildman–Crippen MR) is 90.9 cm³/mol. The number of rotatable bonds is 15. The minimum absolute atomic E-state index is 0. The Morgan fingerprint density at radius 2 is 1.22 bits per heavy atom. The van der Waals surface area contributed by atoms with Crippen LogP contribution in [-0.2, 0) is 10.1 Å². The molecule has 1 N–H and O–H groups in total. The topological polar surface area (TPSA) is 77.4 Å². The van der Waals surface area contributed by atoms with E-state index >= 15 is 0 Å². The first-order valence-electron chi connectivity index (χ1n) is 9.04. The number of aliphatic hydroxyl groups is 1. The third kappa shape index (κ3) is 16.1. The molecule has 0 heterocycles. The molecule has 2 atom stereocenters.